The number of Topliss-reactive ketones (excluding diaryl/α,β-unsaturated/α-hetero) is 7. The van der Waals surface area contributed by atoms with Crippen LogP contribution in [0.3, 0.4) is 0 Å². The minimum atomic E-state index is -1.90. The average molecular weight is 1670 g/mol. The largest absolute Gasteiger partial charge is 0.481 e. The van der Waals surface area contributed by atoms with Crippen molar-refractivity contribution in [2.24, 2.45) is 104 Å². The van der Waals surface area contributed by atoms with Gasteiger partial charge in [0.25, 0.3) is 0 Å². The minimum absolute atomic E-state index is 0.0100. The number of carboxylic acid groups (broad SMARTS) is 1. The van der Waals surface area contributed by atoms with Crippen molar-refractivity contribution in [3.8, 4) is 0 Å². The highest BCUT2D eigenvalue weighted by Gasteiger charge is 2.41. The van der Waals surface area contributed by atoms with Crippen LogP contribution in [0, 0.1) is 64.6 Å². The smallest absolute Gasteiger partial charge is 0.305 e. The van der Waals surface area contributed by atoms with Crippen molar-refractivity contribution in [2.45, 2.75) is 239 Å². The van der Waals surface area contributed by atoms with Crippen LogP contribution in [0.2, 0.25) is 0 Å². The van der Waals surface area contributed by atoms with Crippen LogP contribution < -0.4 is 66.3 Å². The highest BCUT2D eigenvalue weighted by molar-refractivity contribution is 8.00. The summed E-state index contributed by atoms with van der Waals surface area (Å²) in [6, 6.07) is 17.3. The lowest BCUT2D eigenvalue weighted by Crippen LogP contribution is -2.54. The molecule has 1 heterocycles. The molecule has 119 heavy (non-hydrogen) atoms. The van der Waals surface area contributed by atoms with Crippen LogP contribution in [0.5, 0.6) is 0 Å². The molecular weight excluding hydrogens is 1540 g/mol. The second kappa shape index (κ2) is 53.1. The summed E-state index contributed by atoms with van der Waals surface area (Å²) in [5, 5.41) is 34.9. The van der Waals surface area contributed by atoms with E-state index in [2.05, 4.69) is 41.9 Å². The lowest BCUT2D eigenvalue weighted by Gasteiger charge is -2.30. The van der Waals surface area contributed by atoms with Gasteiger partial charge in [0.15, 0.2) is 40.8 Å². The standard InChI is InChI=1S/C87H129N15O16S/c1-9-53(7)63-47-71(105)62(52(5)6)46-75(109)80(54(8)10-2)102-84(117)60(38-51(3)4)44-74(108)65(40-56-26-16-12-17-27-56)97-78(111)50-119-49-68(69(103)34-35-77(90)110)101-82(115)59(31-22-36-95-86(91)92)43-73(107)66(41-57-28-18-13-19-29-57)99-83(116)61(39-55-24-14-11-15-25-55)45-72(106)64(32-23-37-96-87(93)94)98-85(118)67(48-79(112)113)100-81(114)58(42-70(63)104)30-20-21-33-76(88)89/h11-19,24-29,51-54,58-68,80H,9-10,20-23,30-50H2,1-8H3,(H3,88,89)(H2,90,110)(H,97,111)(H,98,118)(H,99,116)(H,100,114)(H,101,115)(H,102,117)(H,112,113)(H4,91,92,95)(H4,93,94,96)/t53-,54-,58+,59+,60+,61+,62-,63-,64-,65-,66-,67-,68-,80-/m0/s1. The van der Waals surface area contributed by atoms with Gasteiger partial charge in [-0.25, -0.2) is 0 Å². The Hall–Kier alpha value is -10.5. The molecule has 0 aliphatic carbocycles. The maximum absolute atomic E-state index is 15.3. The lowest BCUT2D eigenvalue weighted by atomic mass is 9.75. The number of nitrogens with one attached hydrogen (secondary N) is 7. The minimum Gasteiger partial charge on any atom is -0.481 e. The van der Waals surface area contributed by atoms with Crippen molar-refractivity contribution < 1.29 is 77.0 Å². The summed E-state index contributed by atoms with van der Waals surface area (Å²) in [7, 11) is 0. The van der Waals surface area contributed by atoms with Crippen molar-refractivity contribution in [1.29, 1.82) is 5.41 Å². The van der Waals surface area contributed by atoms with Crippen LogP contribution in [0.25, 0.3) is 0 Å². The molecule has 0 aromatic heterocycles. The van der Waals surface area contributed by atoms with Gasteiger partial charge in [0.2, 0.25) is 41.4 Å². The maximum atomic E-state index is 15.3. The molecule has 1 aliphatic rings. The number of amides is 7. The number of carbonyl (C=O) groups excluding carboxylic acids is 14. The molecular formula is C87H129N15O16S. The van der Waals surface area contributed by atoms with E-state index in [-0.39, 0.29) is 138 Å². The molecule has 7 amide bonds. The summed E-state index contributed by atoms with van der Waals surface area (Å²) < 4.78 is 0. The van der Waals surface area contributed by atoms with E-state index in [0.29, 0.717) is 36.0 Å². The van der Waals surface area contributed by atoms with Gasteiger partial charge in [0, 0.05) is 112 Å². The van der Waals surface area contributed by atoms with Crippen molar-refractivity contribution in [3.05, 3.63) is 108 Å². The number of hydrogen-bond acceptors (Lipinski definition) is 19. The number of benzene rings is 3. The van der Waals surface area contributed by atoms with E-state index in [4.69, 9.17) is 39.8 Å². The van der Waals surface area contributed by atoms with E-state index in [1.54, 1.807) is 119 Å². The van der Waals surface area contributed by atoms with E-state index in [1.807, 2.05) is 27.7 Å². The van der Waals surface area contributed by atoms with E-state index in [0.717, 1.165) is 11.8 Å². The summed E-state index contributed by atoms with van der Waals surface area (Å²) in [6.45, 7) is 14.4. The summed E-state index contributed by atoms with van der Waals surface area (Å²) in [5.41, 5.74) is 35.8. The quantitative estimate of drug-likeness (QED) is 0.0207. The first-order valence-corrected chi connectivity index (χ1v) is 42.7. The van der Waals surface area contributed by atoms with Crippen molar-refractivity contribution in [3.63, 3.8) is 0 Å². The molecule has 3 aromatic rings. The number of unbranched alkanes of at least 4 members (excludes halogenated alkanes) is 1. The van der Waals surface area contributed by atoms with Crippen molar-refractivity contribution in [1.82, 2.24) is 31.9 Å². The molecule has 1 fully saturated rings. The number of primary amides is 1. The summed E-state index contributed by atoms with van der Waals surface area (Å²) in [6.07, 6.45) is -3.56. The van der Waals surface area contributed by atoms with Crippen LogP contribution in [0.4, 0.5) is 0 Å². The first-order valence-electron chi connectivity index (χ1n) is 41.5. The SMILES string of the molecule is CC[C@H](C)[C@@H]1CC(=O)[C@H](C(C)C)CC(=O)[C@H]([C@@H](C)CC)NC(=O)[C@H](CC(C)C)CC(=O)[C@H](Cc2ccccc2)NC(=O)CSC[C@@H](C(=O)CCC(N)=O)NC(=O)[C@H](CCCN=C(N)N)CC(=O)[C@H](Cc2ccccc2)NC(=O)[C@H](Cc2ccccc2)CC(=O)[C@H](CCCN=C(N)N)NC(=O)[C@H](CC(=O)O)NC(=O)[C@H](CCCCC(=N)N)CC1=O. The van der Waals surface area contributed by atoms with Crippen LogP contribution in [0.1, 0.15) is 200 Å². The van der Waals surface area contributed by atoms with E-state index >= 15 is 19.2 Å². The number of carboxylic acids is 1. The predicted molar refractivity (Wildman–Crippen MR) is 457 cm³/mol. The summed E-state index contributed by atoms with van der Waals surface area (Å²) in [5.74, 6) is -21.2. The van der Waals surface area contributed by atoms with Gasteiger partial charge in [-0.15, -0.1) is 11.8 Å². The molecule has 654 valence electrons. The molecule has 0 unspecified atom stereocenters. The number of aliphatic imine (C=N–C) groups is 2. The Morgan fingerprint density at radius 1 is 0.462 bits per heavy atom. The lowest BCUT2D eigenvalue weighted by molar-refractivity contribution is -0.142. The second-order valence-corrected chi connectivity index (χ2v) is 33.3. The second-order valence-electron chi connectivity index (χ2n) is 32.3. The molecule has 4 rings (SSSR count). The number of thioether (sulfide) groups is 1. The fourth-order valence-corrected chi connectivity index (χ4v) is 15.4. The zero-order chi connectivity index (χ0) is 88.4. The molecule has 0 radical (unpaired) electrons. The Labute approximate surface area is 703 Å². The fraction of sp³-hybridized carbons (Fsp3) is 0.586. The molecule has 20 N–H and O–H groups in total. The number of carbonyl (C=O) groups is 15. The third-order valence-electron chi connectivity index (χ3n) is 21.8. The summed E-state index contributed by atoms with van der Waals surface area (Å²) in [4.78, 5) is 227. The molecule has 31 nitrogen and oxygen atoms in total. The Kier molecular flexibility index (Phi) is 45.0. The van der Waals surface area contributed by atoms with Gasteiger partial charge in [-0.3, -0.25) is 87.3 Å². The fourth-order valence-electron chi connectivity index (χ4n) is 14.5. The van der Waals surface area contributed by atoms with Gasteiger partial charge in [0.05, 0.1) is 48.2 Å². The molecule has 1 saturated heterocycles. The van der Waals surface area contributed by atoms with Crippen LogP contribution in [0.15, 0.2) is 101 Å². The number of hydrogen-bond donors (Lipinski definition) is 14. The number of aliphatic carboxylic acids is 1. The molecule has 0 spiro atoms. The number of nitrogens with two attached hydrogens (primary N) is 6. The van der Waals surface area contributed by atoms with Crippen LogP contribution >= 0.6 is 11.8 Å². The number of ketones is 7. The molecule has 14 atom stereocenters. The molecule has 0 bridgehead atoms. The zero-order valence-electron chi connectivity index (χ0n) is 70.3. The first kappa shape index (κ1) is 101. The normalized spacial score (nSPS) is 23.5. The number of rotatable bonds is 32. The van der Waals surface area contributed by atoms with Crippen LogP contribution in [-0.2, 0) is 91.2 Å². The maximum Gasteiger partial charge on any atom is 0.305 e. The third kappa shape index (κ3) is 38.0. The number of nitrogens with zero attached hydrogens (tertiary/aromatic N) is 2. The van der Waals surface area contributed by atoms with Gasteiger partial charge in [-0.1, -0.05) is 166 Å². The number of guanidine groups is 2. The van der Waals surface area contributed by atoms with Gasteiger partial charge >= 0.3 is 5.97 Å². The van der Waals surface area contributed by atoms with E-state index in [1.165, 1.54) is 0 Å². The number of amidine groups is 1. The van der Waals surface area contributed by atoms with Crippen molar-refractivity contribution >= 4 is 117 Å². The third-order valence-corrected chi connectivity index (χ3v) is 22.8. The average Bonchev–Trinajstić information content (AvgIpc) is 0.843. The highest BCUT2D eigenvalue weighted by Crippen LogP contribution is 2.32. The van der Waals surface area contributed by atoms with Gasteiger partial charge in [-0.2, -0.15) is 0 Å². The molecule has 0 saturated carbocycles. The molecule has 32 heteroatoms. The predicted octanol–water partition coefficient (Wildman–Crippen LogP) is 5.53. The van der Waals surface area contributed by atoms with Crippen LogP contribution in [-0.4, -0.2) is 172 Å². The topological polar surface area (TPSA) is 553 Å². The van der Waals surface area contributed by atoms with Gasteiger partial charge < -0.3 is 71.4 Å². The summed E-state index contributed by atoms with van der Waals surface area (Å²) >= 11 is 0.910. The monoisotopic (exact) mass is 1670 g/mol. The highest BCUT2D eigenvalue weighted by atomic mass is 32.2. The Balaban J connectivity index is 2.00. The van der Waals surface area contributed by atoms with E-state index in [9.17, 15) is 57.8 Å². The molecule has 1 aliphatic heterocycles. The Bertz CT molecular complexity index is 3950. The zero-order valence-corrected chi connectivity index (χ0v) is 71.1. The Morgan fingerprint density at radius 2 is 0.908 bits per heavy atom. The van der Waals surface area contributed by atoms with Gasteiger partial charge in [-0.05, 0) is 105 Å². The van der Waals surface area contributed by atoms with E-state index < -0.39 is 216 Å². The van der Waals surface area contributed by atoms with Crippen molar-refractivity contribution in [2.75, 3.05) is 24.6 Å². The Morgan fingerprint density at radius 3 is 1.42 bits per heavy atom. The molecule has 3 aromatic carbocycles. The first-order chi connectivity index (χ1) is 56.4. The van der Waals surface area contributed by atoms with Gasteiger partial charge in [0.1, 0.15) is 17.6 Å².